The van der Waals surface area contributed by atoms with Crippen molar-refractivity contribution in [2.24, 2.45) is 0 Å². The molecule has 96 valence electrons. The first-order valence-electron chi connectivity index (χ1n) is 6.25. The molecule has 2 aromatic carbocycles. The molecular weight excluding hydrogens is 254 g/mol. The molecule has 0 saturated heterocycles. The molecule has 1 aromatic heterocycles. The van der Waals surface area contributed by atoms with Gasteiger partial charge in [0.25, 0.3) is 0 Å². The fourth-order valence-electron chi connectivity index (χ4n) is 2.28. The average Bonchev–Trinajstić information content (AvgIpc) is 2.93. The summed E-state index contributed by atoms with van der Waals surface area (Å²) in [7, 11) is 0. The van der Waals surface area contributed by atoms with Crippen LogP contribution in [0.1, 0.15) is 6.92 Å². The molecule has 0 aliphatic heterocycles. The van der Waals surface area contributed by atoms with Crippen LogP contribution in [0, 0.1) is 0 Å². The normalized spacial score (nSPS) is 10.8. The van der Waals surface area contributed by atoms with E-state index in [2.05, 4.69) is 41.1 Å². The predicted octanol–water partition coefficient (Wildman–Crippen LogP) is 4.04. The number of anilines is 3. The zero-order valence-electron chi connectivity index (χ0n) is 10.7. The number of thiazole rings is 1. The number of nitrogens with zero attached hydrogens (tertiary/aromatic N) is 2. The number of rotatable bonds is 3. The van der Waals surface area contributed by atoms with E-state index in [4.69, 9.17) is 5.73 Å². The summed E-state index contributed by atoms with van der Waals surface area (Å²) in [4.78, 5) is 6.56. The Kier molecular flexibility index (Phi) is 3.09. The van der Waals surface area contributed by atoms with Gasteiger partial charge in [0.1, 0.15) is 5.52 Å². The standard InChI is InChI=1S/C15H15N3S/c1-2-18(11-6-4-3-5-7-11)12-8-9-13-15(14(12)16)17-10-19-13/h3-10H,2,16H2,1H3. The van der Waals surface area contributed by atoms with Crippen LogP contribution < -0.4 is 10.6 Å². The molecule has 2 N–H and O–H groups in total. The van der Waals surface area contributed by atoms with Gasteiger partial charge in [0.05, 0.1) is 21.6 Å². The highest BCUT2D eigenvalue weighted by Crippen LogP contribution is 2.35. The molecular formula is C15H15N3S. The molecule has 0 fully saturated rings. The molecule has 0 aliphatic rings. The zero-order valence-corrected chi connectivity index (χ0v) is 11.5. The van der Waals surface area contributed by atoms with Crippen LogP contribution in [0.15, 0.2) is 48.0 Å². The van der Waals surface area contributed by atoms with Gasteiger partial charge in [-0.1, -0.05) is 18.2 Å². The van der Waals surface area contributed by atoms with E-state index >= 15 is 0 Å². The Morgan fingerprint density at radius 1 is 1.16 bits per heavy atom. The number of para-hydroxylation sites is 1. The molecule has 0 radical (unpaired) electrons. The lowest BCUT2D eigenvalue weighted by Crippen LogP contribution is -2.17. The van der Waals surface area contributed by atoms with E-state index in [1.165, 1.54) is 0 Å². The van der Waals surface area contributed by atoms with Crippen molar-refractivity contribution >= 4 is 38.6 Å². The Morgan fingerprint density at radius 3 is 2.68 bits per heavy atom. The van der Waals surface area contributed by atoms with Gasteiger partial charge in [0.2, 0.25) is 0 Å². The molecule has 0 spiro atoms. The van der Waals surface area contributed by atoms with Gasteiger partial charge in [-0.25, -0.2) is 4.98 Å². The average molecular weight is 269 g/mol. The third kappa shape index (κ3) is 2.04. The smallest absolute Gasteiger partial charge is 0.106 e. The van der Waals surface area contributed by atoms with E-state index in [-0.39, 0.29) is 0 Å². The van der Waals surface area contributed by atoms with Crippen LogP contribution in [0.4, 0.5) is 17.1 Å². The highest BCUT2D eigenvalue weighted by molar-refractivity contribution is 7.16. The van der Waals surface area contributed by atoms with E-state index in [1.807, 2.05) is 23.7 Å². The minimum absolute atomic E-state index is 0.754. The Bertz CT molecular complexity index is 691. The van der Waals surface area contributed by atoms with Crippen LogP contribution in [-0.4, -0.2) is 11.5 Å². The van der Waals surface area contributed by atoms with Crippen molar-refractivity contribution in [3.8, 4) is 0 Å². The maximum absolute atomic E-state index is 6.28. The van der Waals surface area contributed by atoms with Crippen LogP contribution in [0.3, 0.4) is 0 Å². The molecule has 0 atom stereocenters. The van der Waals surface area contributed by atoms with Crippen LogP contribution in [0.5, 0.6) is 0 Å². The molecule has 0 saturated carbocycles. The van der Waals surface area contributed by atoms with Gasteiger partial charge < -0.3 is 10.6 Å². The van der Waals surface area contributed by atoms with Crippen molar-refractivity contribution in [2.75, 3.05) is 17.2 Å². The lowest BCUT2D eigenvalue weighted by molar-refractivity contribution is 1.03. The van der Waals surface area contributed by atoms with Gasteiger partial charge in [-0.05, 0) is 31.2 Å². The summed E-state index contributed by atoms with van der Waals surface area (Å²) in [5.41, 5.74) is 11.9. The van der Waals surface area contributed by atoms with Crippen molar-refractivity contribution in [3.63, 3.8) is 0 Å². The first kappa shape index (κ1) is 12.0. The van der Waals surface area contributed by atoms with Gasteiger partial charge >= 0.3 is 0 Å². The lowest BCUT2D eigenvalue weighted by atomic mass is 10.2. The number of hydrogen-bond donors (Lipinski definition) is 1. The number of nitrogen functional groups attached to an aromatic ring is 1. The molecule has 1 heterocycles. The molecule has 4 heteroatoms. The maximum atomic E-state index is 6.28. The van der Waals surface area contributed by atoms with Gasteiger partial charge in [-0.2, -0.15) is 0 Å². The van der Waals surface area contributed by atoms with E-state index in [0.29, 0.717) is 0 Å². The van der Waals surface area contributed by atoms with Crippen molar-refractivity contribution in [1.29, 1.82) is 0 Å². The summed E-state index contributed by atoms with van der Waals surface area (Å²) in [6.07, 6.45) is 0. The van der Waals surface area contributed by atoms with E-state index in [9.17, 15) is 0 Å². The summed E-state index contributed by atoms with van der Waals surface area (Å²) in [6.45, 7) is 2.99. The first-order chi connectivity index (χ1) is 9.31. The second-order valence-corrected chi connectivity index (χ2v) is 5.16. The van der Waals surface area contributed by atoms with Crippen molar-refractivity contribution < 1.29 is 0 Å². The van der Waals surface area contributed by atoms with Gasteiger partial charge in [-0.3, -0.25) is 0 Å². The summed E-state index contributed by atoms with van der Waals surface area (Å²) < 4.78 is 1.13. The predicted molar refractivity (Wildman–Crippen MR) is 83.2 cm³/mol. The number of fused-ring (bicyclic) bond motifs is 1. The second-order valence-electron chi connectivity index (χ2n) is 4.28. The molecule has 19 heavy (non-hydrogen) atoms. The highest BCUT2D eigenvalue weighted by Gasteiger charge is 2.13. The second kappa shape index (κ2) is 4.90. The summed E-state index contributed by atoms with van der Waals surface area (Å²) in [5.74, 6) is 0. The summed E-state index contributed by atoms with van der Waals surface area (Å²) >= 11 is 1.62. The molecule has 0 amide bonds. The SMILES string of the molecule is CCN(c1ccccc1)c1ccc2scnc2c1N. The molecule has 0 unspecified atom stereocenters. The largest absolute Gasteiger partial charge is 0.395 e. The molecule has 3 rings (SSSR count). The zero-order chi connectivity index (χ0) is 13.2. The van der Waals surface area contributed by atoms with Gasteiger partial charge in [-0.15, -0.1) is 11.3 Å². The Labute approximate surface area is 116 Å². The monoisotopic (exact) mass is 269 g/mol. The number of nitrogens with two attached hydrogens (primary N) is 1. The third-order valence-electron chi connectivity index (χ3n) is 3.19. The summed E-state index contributed by atoms with van der Waals surface area (Å²) in [5, 5.41) is 0. The molecule has 0 bridgehead atoms. The van der Waals surface area contributed by atoms with Crippen LogP contribution in [-0.2, 0) is 0 Å². The number of benzene rings is 2. The van der Waals surface area contributed by atoms with E-state index < -0.39 is 0 Å². The fourth-order valence-corrected chi connectivity index (χ4v) is 2.97. The Hall–Kier alpha value is -2.07. The first-order valence-corrected chi connectivity index (χ1v) is 7.13. The van der Waals surface area contributed by atoms with Crippen molar-refractivity contribution in [1.82, 2.24) is 4.98 Å². The van der Waals surface area contributed by atoms with Crippen LogP contribution in [0.2, 0.25) is 0 Å². The highest BCUT2D eigenvalue weighted by atomic mass is 32.1. The fraction of sp³-hybridized carbons (Fsp3) is 0.133. The molecule has 3 aromatic rings. The minimum Gasteiger partial charge on any atom is -0.395 e. The summed E-state index contributed by atoms with van der Waals surface area (Å²) in [6, 6.07) is 14.4. The molecule has 3 nitrogen and oxygen atoms in total. The minimum atomic E-state index is 0.754. The topological polar surface area (TPSA) is 42.2 Å². The maximum Gasteiger partial charge on any atom is 0.106 e. The lowest BCUT2D eigenvalue weighted by Gasteiger charge is -2.24. The number of hydrogen-bond acceptors (Lipinski definition) is 4. The quantitative estimate of drug-likeness (QED) is 0.730. The Balaban J connectivity index is 2.14. The van der Waals surface area contributed by atoms with Crippen molar-refractivity contribution in [2.45, 2.75) is 6.92 Å². The van der Waals surface area contributed by atoms with E-state index in [0.717, 1.165) is 33.8 Å². The van der Waals surface area contributed by atoms with Gasteiger partial charge in [0, 0.05) is 12.2 Å². The van der Waals surface area contributed by atoms with Gasteiger partial charge in [0.15, 0.2) is 0 Å². The molecule has 0 aliphatic carbocycles. The number of aromatic nitrogens is 1. The van der Waals surface area contributed by atoms with Crippen molar-refractivity contribution in [3.05, 3.63) is 48.0 Å². The van der Waals surface area contributed by atoms with Crippen LogP contribution >= 0.6 is 11.3 Å². The van der Waals surface area contributed by atoms with E-state index in [1.54, 1.807) is 11.3 Å². The Morgan fingerprint density at radius 2 is 1.95 bits per heavy atom. The van der Waals surface area contributed by atoms with Crippen LogP contribution in [0.25, 0.3) is 10.2 Å². The third-order valence-corrected chi connectivity index (χ3v) is 3.99.